The smallest absolute Gasteiger partial charge is 0.249 e. The van der Waals surface area contributed by atoms with Crippen molar-refractivity contribution in [3.05, 3.63) is 72.3 Å². The van der Waals surface area contributed by atoms with Crippen molar-refractivity contribution in [2.24, 2.45) is 0 Å². The van der Waals surface area contributed by atoms with Gasteiger partial charge in [-0.3, -0.25) is 14.5 Å². The van der Waals surface area contributed by atoms with Crippen LogP contribution in [0.4, 0.5) is 5.69 Å². The molecule has 1 aromatic heterocycles. The lowest BCUT2D eigenvalue weighted by Crippen LogP contribution is -2.51. The van der Waals surface area contributed by atoms with E-state index in [1.54, 1.807) is 35.0 Å². The zero-order chi connectivity index (χ0) is 28.3. The third-order valence-corrected chi connectivity index (χ3v) is 6.97. The molecule has 1 aliphatic rings. The molecule has 5 rings (SSSR count). The van der Waals surface area contributed by atoms with Gasteiger partial charge in [0.05, 0.1) is 12.1 Å². The van der Waals surface area contributed by atoms with Crippen LogP contribution in [-0.2, 0) is 16.1 Å². The number of carbonyl (C=O) groups is 2. The van der Waals surface area contributed by atoms with Gasteiger partial charge in [-0.05, 0) is 69.2 Å². The number of carbonyl (C=O) groups excluding carboxylic acids is 2. The second kappa shape index (κ2) is 11.3. The summed E-state index contributed by atoms with van der Waals surface area (Å²) >= 11 is 0. The molecule has 3 aromatic carbocycles. The molecule has 0 radical (unpaired) electrons. The van der Waals surface area contributed by atoms with Crippen LogP contribution in [0.15, 0.2) is 66.7 Å². The Morgan fingerprint density at radius 1 is 1.05 bits per heavy atom. The Hall–Kier alpha value is -4.60. The Bertz CT molecular complexity index is 1510. The third kappa shape index (κ3) is 5.56. The molecular formula is C30H33N5O5. The standard InChI is InChI=1S/C30H33N5O5/c1-5-30(3,4)31-29(37)28(20-11-14-22(15-12-20)38-6-2)35(21-13-16-25-26(17-21)40-19-39-25)27(36)18-34-24-10-8-7-9-23(24)32-33-34/h7-17,28H,5-6,18-19H2,1-4H3,(H,31,37)/t28-/m0/s1. The molecule has 40 heavy (non-hydrogen) atoms. The van der Waals surface area contributed by atoms with E-state index in [4.69, 9.17) is 14.2 Å². The molecule has 0 unspecified atom stereocenters. The lowest BCUT2D eigenvalue weighted by Gasteiger charge is -2.34. The van der Waals surface area contributed by atoms with Gasteiger partial charge in [-0.15, -0.1) is 5.10 Å². The van der Waals surface area contributed by atoms with E-state index in [0.717, 1.165) is 5.52 Å². The van der Waals surface area contributed by atoms with E-state index in [9.17, 15) is 9.59 Å². The largest absolute Gasteiger partial charge is 0.494 e. The van der Waals surface area contributed by atoms with Crippen molar-refractivity contribution >= 4 is 28.5 Å². The van der Waals surface area contributed by atoms with Gasteiger partial charge in [0, 0.05) is 17.3 Å². The number of nitrogens with one attached hydrogen (secondary N) is 1. The normalized spacial score (nSPS) is 13.2. The van der Waals surface area contributed by atoms with Gasteiger partial charge in [-0.1, -0.05) is 36.4 Å². The number of ether oxygens (including phenoxy) is 3. The molecule has 10 heteroatoms. The number of amides is 2. The monoisotopic (exact) mass is 543 g/mol. The fourth-order valence-corrected chi connectivity index (χ4v) is 4.53. The molecule has 0 aliphatic carbocycles. The first-order valence-electron chi connectivity index (χ1n) is 13.3. The predicted octanol–water partition coefficient (Wildman–Crippen LogP) is 4.64. The van der Waals surface area contributed by atoms with Crippen molar-refractivity contribution in [1.29, 1.82) is 0 Å². The number of para-hydroxylation sites is 1. The first-order valence-corrected chi connectivity index (χ1v) is 13.3. The molecule has 0 saturated heterocycles. The summed E-state index contributed by atoms with van der Waals surface area (Å²) in [5.41, 5.74) is 2.02. The minimum atomic E-state index is -0.996. The minimum Gasteiger partial charge on any atom is -0.494 e. The van der Waals surface area contributed by atoms with Gasteiger partial charge >= 0.3 is 0 Å². The predicted molar refractivity (Wildman–Crippen MR) is 150 cm³/mol. The van der Waals surface area contributed by atoms with Gasteiger partial charge in [0.15, 0.2) is 11.5 Å². The minimum absolute atomic E-state index is 0.0885. The Kier molecular flexibility index (Phi) is 7.59. The molecule has 1 N–H and O–H groups in total. The van der Waals surface area contributed by atoms with Crippen LogP contribution in [0.25, 0.3) is 11.0 Å². The SMILES string of the molecule is CCOc1ccc([C@@H](C(=O)NC(C)(C)CC)N(C(=O)Cn2nnc3ccccc32)c2ccc3c(c2)OCO3)cc1. The van der Waals surface area contributed by atoms with E-state index in [-0.39, 0.29) is 25.2 Å². The molecule has 208 valence electrons. The molecule has 0 fully saturated rings. The molecule has 1 atom stereocenters. The highest BCUT2D eigenvalue weighted by atomic mass is 16.7. The first kappa shape index (κ1) is 27.0. The molecule has 4 aromatic rings. The Morgan fingerprint density at radius 3 is 2.55 bits per heavy atom. The summed E-state index contributed by atoms with van der Waals surface area (Å²) < 4.78 is 18.3. The Morgan fingerprint density at radius 2 is 1.80 bits per heavy atom. The van der Waals surface area contributed by atoms with E-state index in [2.05, 4.69) is 15.6 Å². The molecule has 0 spiro atoms. The maximum atomic E-state index is 14.2. The quantitative estimate of drug-likeness (QED) is 0.311. The molecule has 10 nitrogen and oxygen atoms in total. The Balaban J connectivity index is 1.61. The average Bonchev–Trinajstić information content (AvgIpc) is 3.59. The van der Waals surface area contributed by atoms with Crippen LogP contribution < -0.4 is 24.4 Å². The van der Waals surface area contributed by atoms with Crippen molar-refractivity contribution in [1.82, 2.24) is 20.3 Å². The number of hydrogen-bond acceptors (Lipinski definition) is 7. The van der Waals surface area contributed by atoms with Crippen LogP contribution >= 0.6 is 0 Å². The van der Waals surface area contributed by atoms with Gasteiger partial charge in [0.2, 0.25) is 18.6 Å². The topological polar surface area (TPSA) is 108 Å². The summed E-state index contributed by atoms with van der Waals surface area (Å²) in [6.07, 6.45) is 0.706. The second-order valence-corrected chi connectivity index (χ2v) is 10.2. The average molecular weight is 544 g/mol. The van der Waals surface area contributed by atoms with Crippen LogP contribution in [-0.4, -0.2) is 45.7 Å². The number of fused-ring (bicyclic) bond motifs is 2. The van der Waals surface area contributed by atoms with Crippen LogP contribution in [0.2, 0.25) is 0 Å². The molecule has 2 amide bonds. The lowest BCUT2D eigenvalue weighted by molar-refractivity contribution is -0.128. The van der Waals surface area contributed by atoms with Crippen molar-refractivity contribution in [2.75, 3.05) is 18.3 Å². The van der Waals surface area contributed by atoms with E-state index in [1.807, 2.05) is 64.1 Å². The Labute approximate surface area is 232 Å². The van der Waals surface area contributed by atoms with Crippen molar-refractivity contribution in [3.63, 3.8) is 0 Å². The number of hydrogen-bond donors (Lipinski definition) is 1. The number of nitrogens with zero attached hydrogens (tertiary/aromatic N) is 4. The number of rotatable bonds is 10. The summed E-state index contributed by atoms with van der Waals surface area (Å²) in [6, 6.07) is 18.9. The summed E-state index contributed by atoms with van der Waals surface area (Å²) in [5, 5.41) is 11.5. The molecule has 2 heterocycles. The van der Waals surface area contributed by atoms with Crippen LogP contribution in [0.5, 0.6) is 17.2 Å². The summed E-state index contributed by atoms with van der Waals surface area (Å²) in [4.78, 5) is 29.8. The first-order chi connectivity index (χ1) is 19.3. The van der Waals surface area contributed by atoms with Gasteiger partial charge in [-0.2, -0.15) is 0 Å². The zero-order valence-corrected chi connectivity index (χ0v) is 23.1. The number of aromatic nitrogens is 3. The highest BCUT2D eigenvalue weighted by Crippen LogP contribution is 2.38. The molecular weight excluding hydrogens is 510 g/mol. The van der Waals surface area contributed by atoms with E-state index >= 15 is 0 Å². The fourth-order valence-electron chi connectivity index (χ4n) is 4.53. The van der Waals surface area contributed by atoms with Gasteiger partial charge in [0.25, 0.3) is 0 Å². The van der Waals surface area contributed by atoms with Gasteiger partial charge in [0.1, 0.15) is 23.9 Å². The lowest BCUT2D eigenvalue weighted by atomic mass is 9.98. The molecule has 0 bridgehead atoms. The maximum absolute atomic E-state index is 14.2. The van der Waals surface area contributed by atoms with Crippen molar-refractivity contribution in [2.45, 2.75) is 52.2 Å². The van der Waals surface area contributed by atoms with Gasteiger partial charge < -0.3 is 19.5 Å². The van der Waals surface area contributed by atoms with Crippen molar-refractivity contribution in [3.8, 4) is 17.2 Å². The van der Waals surface area contributed by atoms with Crippen LogP contribution in [0.3, 0.4) is 0 Å². The number of anilines is 1. The highest BCUT2D eigenvalue weighted by Gasteiger charge is 2.36. The van der Waals surface area contributed by atoms with E-state index in [0.29, 0.717) is 47.0 Å². The van der Waals surface area contributed by atoms with Crippen LogP contribution in [0, 0.1) is 0 Å². The maximum Gasteiger partial charge on any atom is 0.249 e. The zero-order valence-electron chi connectivity index (χ0n) is 23.1. The molecule has 1 aliphatic heterocycles. The fraction of sp³-hybridized carbons (Fsp3) is 0.333. The van der Waals surface area contributed by atoms with E-state index in [1.165, 1.54) is 4.90 Å². The van der Waals surface area contributed by atoms with Crippen LogP contribution in [0.1, 0.15) is 45.7 Å². The highest BCUT2D eigenvalue weighted by molar-refractivity contribution is 6.02. The molecule has 0 saturated carbocycles. The summed E-state index contributed by atoms with van der Waals surface area (Å²) in [5.74, 6) is 1.09. The number of benzene rings is 3. The van der Waals surface area contributed by atoms with Gasteiger partial charge in [-0.25, -0.2) is 4.68 Å². The summed E-state index contributed by atoms with van der Waals surface area (Å²) in [7, 11) is 0. The van der Waals surface area contributed by atoms with E-state index < -0.39 is 11.6 Å². The second-order valence-electron chi connectivity index (χ2n) is 10.2. The van der Waals surface area contributed by atoms with Crippen molar-refractivity contribution < 1.29 is 23.8 Å². The third-order valence-electron chi connectivity index (χ3n) is 6.97. The summed E-state index contributed by atoms with van der Waals surface area (Å²) in [6.45, 7) is 8.29.